The number of fused-ring (bicyclic) bond motifs is 1. The lowest BCUT2D eigenvalue weighted by atomic mass is 10.2. The van der Waals surface area contributed by atoms with Crippen molar-refractivity contribution in [3.63, 3.8) is 0 Å². The number of hydrogen-bond acceptors (Lipinski definition) is 7. The lowest BCUT2D eigenvalue weighted by Crippen LogP contribution is -2.27. The van der Waals surface area contributed by atoms with Crippen LogP contribution in [0.4, 0.5) is 5.13 Å². The van der Waals surface area contributed by atoms with E-state index in [1.807, 2.05) is 72.8 Å². The molecular formula is C30H26N4O4S2. The summed E-state index contributed by atoms with van der Waals surface area (Å²) in [5.41, 5.74) is 2.66. The van der Waals surface area contributed by atoms with Gasteiger partial charge in [0.1, 0.15) is 5.75 Å². The molecule has 5 rings (SSSR count). The number of nitrogens with zero attached hydrogens (tertiary/aromatic N) is 4. The molecule has 0 aliphatic carbocycles. The molecule has 0 saturated carbocycles. The number of aromatic nitrogens is 1. The third kappa shape index (κ3) is 5.94. The zero-order chi connectivity index (χ0) is 28.1. The van der Waals surface area contributed by atoms with Gasteiger partial charge >= 0.3 is 0 Å². The average molecular weight is 571 g/mol. The first-order valence-corrected chi connectivity index (χ1v) is 14.6. The maximum absolute atomic E-state index is 13.7. The number of carbonyl (C=O) groups is 1. The minimum atomic E-state index is -3.77. The largest absolute Gasteiger partial charge is 0.497 e. The van der Waals surface area contributed by atoms with Crippen LogP contribution in [0.15, 0.2) is 113 Å². The second kappa shape index (κ2) is 11.8. The number of carbonyl (C=O) groups excluding carboxylic acids is 1. The van der Waals surface area contributed by atoms with Gasteiger partial charge in [0.2, 0.25) is 15.2 Å². The van der Waals surface area contributed by atoms with E-state index >= 15 is 0 Å². The van der Waals surface area contributed by atoms with Gasteiger partial charge in [-0.15, -0.1) is 0 Å². The van der Waals surface area contributed by atoms with Crippen molar-refractivity contribution in [2.75, 3.05) is 19.2 Å². The van der Waals surface area contributed by atoms with Crippen LogP contribution in [0, 0.1) is 0 Å². The van der Waals surface area contributed by atoms with Crippen LogP contribution >= 0.6 is 11.3 Å². The smallest absolute Gasteiger partial charge is 0.280 e. The van der Waals surface area contributed by atoms with Crippen molar-refractivity contribution in [3.05, 3.63) is 120 Å². The highest BCUT2D eigenvalue weighted by Crippen LogP contribution is 2.32. The molecule has 0 fully saturated rings. The first-order chi connectivity index (χ1) is 19.3. The Kier molecular flexibility index (Phi) is 8.01. The van der Waals surface area contributed by atoms with E-state index in [9.17, 15) is 13.2 Å². The number of sulfonamides is 1. The van der Waals surface area contributed by atoms with Crippen molar-refractivity contribution >= 4 is 48.8 Å². The topological polar surface area (TPSA) is 92.2 Å². The Balaban J connectivity index is 1.44. The maximum Gasteiger partial charge on any atom is 0.280 e. The molecular weight excluding hydrogens is 544 g/mol. The lowest BCUT2D eigenvalue weighted by molar-refractivity contribution is 0.0987. The number of anilines is 1. The summed E-state index contributed by atoms with van der Waals surface area (Å²) in [5, 5.41) is 6.08. The van der Waals surface area contributed by atoms with Crippen molar-refractivity contribution in [1.82, 2.24) is 9.29 Å². The van der Waals surface area contributed by atoms with Crippen LogP contribution in [0.2, 0.25) is 0 Å². The zero-order valence-corrected chi connectivity index (χ0v) is 23.5. The average Bonchev–Trinajstić information content (AvgIpc) is 3.41. The van der Waals surface area contributed by atoms with E-state index < -0.39 is 15.9 Å². The van der Waals surface area contributed by atoms with E-state index in [-0.39, 0.29) is 17.0 Å². The fraction of sp³-hybridized carbons (Fsp3) is 0.100. The van der Waals surface area contributed by atoms with Crippen LogP contribution in [0.3, 0.4) is 0 Å². The molecule has 0 atom stereocenters. The monoisotopic (exact) mass is 570 g/mol. The second-order valence-electron chi connectivity index (χ2n) is 8.87. The normalized spacial score (nSPS) is 11.8. The van der Waals surface area contributed by atoms with Crippen LogP contribution < -0.4 is 9.75 Å². The number of rotatable bonds is 9. The zero-order valence-electron chi connectivity index (χ0n) is 21.8. The quantitative estimate of drug-likeness (QED) is 0.165. The van der Waals surface area contributed by atoms with Gasteiger partial charge in [-0.2, -0.15) is 14.4 Å². The molecule has 0 saturated heterocycles. The molecule has 1 aromatic heterocycles. The number of methoxy groups -OCH3 is 1. The summed E-state index contributed by atoms with van der Waals surface area (Å²) in [6, 6.07) is 30.1. The Morgan fingerprint density at radius 1 is 0.950 bits per heavy atom. The first-order valence-electron chi connectivity index (χ1n) is 12.3. The predicted octanol–water partition coefficient (Wildman–Crippen LogP) is 5.81. The summed E-state index contributed by atoms with van der Waals surface area (Å²) in [4.78, 5) is 18.4. The third-order valence-electron chi connectivity index (χ3n) is 6.14. The molecule has 4 aromatic carbocycles. The molecule has 0 spiro atoms. The number of ether oxygens (including phenoxy) is 1. The van der Waals surface area contributed by atoms with Gasteiger partial charge in [0, 0.05) is 19.2 Å². The minimum Gasteiger partial charge on any atom is -0.497 e. The second-order valence-corrected chi connectivity index (χ2v) is 11.9. The number of benzene rings is 4. The van der Waals surface area contributed by atoms with E-state index in [0.717, 1.165) is 15.8 Å². The van der Waals surface area contributed by atoms with Gasteiger partial charge in [-0.25, -0.2) is 13.4 Å². The highest BCUT2D eigenvalue weighted by molar-refractivity contribution is 7.89. The van der Waals surface area contributed by atoms with Gasteiger partial charge in [-0.3, -0.25) is 4.79 Å². The van der Waals surface area contributed by atoms with E-state index in [0.29, 0.717) is 16.4 Å². The summed E-state index contributed by atoms with van der Waals surface area (Å²) in [5.74, 6) is 0.238. The molecule has 10 heteroatoms. The van der Waals surface area contributed by atoms with Gasteiger partial charge in [-0.05, 0) is 53.6 Å². The molecule has 0 N–H and O–H groups in total. The van der Waals surface area contributed by atoms with Crippen LogP contribution in [0.25, 0.3) is 10.2 Å². The molecule has 202 valence electrons. The lowest BCUT2D eigenvalue weighted by Gasteiger charge is -2.18. The SMILES string of the molecule is COc1ccc2nc(N(/N=C/c3ccccc3)C(=O)c3ccc(S(=O)(=O)N(C)Cc4ccccc4)cc3)sc2c1. The Morgan fingerprint density at radius 3 is 2.30 bits per heavy atom. The van der Waals surface area contributed by atoms with Gasteiger partial charge < -0.3 is 4.74 Å². The van der Waals surface area contributed by atoms with E-state index in [4.69, 9.17) is 4.74 Å². The van der Waals surface area contributed by atoms with Crippen molar-refractivity contribution in [3.8, 4) is 5.75 Å². The molecule has 1 heterocycles. The fourth-order valence-corrected chi connectivity index (χ4v) is 6.07. The van der Waals surface area contributed by atoms with Crippen molar-refractivity contribution in [2.45, 2.75) is 11.4 Å². The number of amides is 1. The summed E-state index contributed by atoms with van der Waals surface area (Å²) in [6.07, 6.45) is 1.59. The van der Waals surface area contributed by atoms with Crippen molar-refractivity contribution in [2.24, 2.45) is 5.10 Å². The van der Waals surface area contributed by atoms with E-state index in [1.54, 1.807) is 19.4 Å². The Bertz CT molecular complexity index is 1750. The highest BCUT2D eigenvalue weighted by atomic mass is 32.2. The molecule has 0 aliphatic heterocycles. The van der Waals surface area contributed by atoms with Gasteiger partial charge in [0.15, 0.2) is 0 Å². The van der Waals surface area contributed by atoms with Crippen LogP contribution in [0.5, 0.6) is 5.75 Å². The summed E-state index contributed by atoms with van der Waals surface area (Å²) >= 11 is 1.30. The summed E-state index contributed by atoms with van der Waals surface area (Å²) in [6.45, 7) is 0.230. The number of hydrazone groups is 1. The summed E-state index contributed by atoms with van der Waals surface area (Å²) in [7, 11) is -0.645. The fourth-order valence-electron chi connectivity index (χ4n) is 3.96. The van der Waals surface area contributed by atoms with Gasteiger partial charge in [0.25, 0.3) is 5.91 Å². The Hall–Kier alpha value is -4.38. The molecule has 8 nitrogen and oxygen atoms in total. The van der Waals surface area contributed by atoms with E-state index in [2.05, 4.69) is 10.1 Å². The molecule has 0 aliphatic rings. The maximum atomic E-state index is 13.7. The standard InChI is InChI=1S/C30H26N4O4S2/c1-33(21-23-11-7-4-8-12-23)40(36,37)26-16-13-24(14-17-26)29(35)34(31-20-22-9-5-3-6-10-22)30-32-27-18-15-25(38-2)19-28(27)39-30/h3-20H,21H2,1-2H3/b31-20+. The minimum absolute atomic E-state index is 0.0916. The molecule has 0 radical (unpaired) electrons. The molecule has 40 heavy (non-hydrogen) atoms. The van der Waals surface area contributed by atoms with Crippen LogP contribution in [-0.4, -0.2) is 44.0 Å². The molecule has 0 bridgehead atoms. The summed E-state index contributed by atoms with van der Waals surface area (Å²) < 4.78 is 33.8. The predicted molar refractivity (Wildman–Crippen MR) is 159 cm³/mol. The molecule has 1 amide bonds. The highest BCUT2D eigenvalue weighted by Gasteiger charge is 2.24. The molecule has 0 unspecified atom stereocenters. The van der Waals surface area contributed by atoms with Gasteiger partial charge in [0.05, 0.1) is 28.4 Å². The van der Waals surface area contributed by atoms with Gasteiger partial charge in [-0.1, -0.05) is 72.0 Å². The van der Waals surface area contributed by atoms with Crippen molar-refractivity contribution < 1.29 is 17.9 Å². The number of hydrogen-bond donors (Lipinski definition) is 0. The van der Waals surface area contributed by atoms with Crippen molar-refractivity contribution in [1.29, 1.82) is 0 Å². The Labute approximate surface area is 236 Å². The first kappa shape index (κ1) is 27.2. The van der Waals surface area contributed by atoms with E-state index in [1.165, 1.54) is 52.0 Å². The Morgan fingerprint density at radius 2 is 1.62 bits per heavy atom. The molecule has 5 aromatic rings. The third-order valence-corrected chi connectivity index (χ3v) is 8.95. The van der Waals surface area contributed by atoms with Crippen LogP contribution in [0.1, 0.15) is 21.5 Å². The number of thiazole rings is 1. The van der Waals surface area contributed by atoms with Crippen LogP contribution in [-0.2, 0) is 16.6 Å².